The smallest absolute Gasteiger partial charge is 0.335 e. The second-order valence-corrected chi connectivity index (χ2v) is 3.65. The topological polar surface area (TPSA) is 104 Å². The van der Waals surface area contributed by atoms with Gasteiger partial charge in [-0.15, -0.1) is 0 Å². The first-order valence-corrected chi connectivity index (χ1v) is 4.83. The molecule has 1 rings (SSSR count). The maximum absolute atomic E-state index is 10.4. The lowest BCUT2D eigenvalue weighted by Gasteiger charge is -2.14. The number of carboxylic acid groups (broad SMARTS) is 1. The number of benzene rings is 1. The molecule has 0 spiro atoms. The van der Waals surface area contributed by atoms with Crippen LogP contribution in [-0.2, 0) is 4.79 Å². The molecule has 1 aromatic carbocycles. The van der Waals surface area contributed by atoms with E-state index in [1.54, 1.807) is 12.1 Å². The molecule has 1 aromatic rings. The van der Waals surface area contributed by atoms with Crippen LogP contribution in [0.3, 0.4) is 0 Å². The van der Waals surface area contributed by atoms with Gasteiger partial charge in [0.25, 0.3) is 0 Å². The summed E-state index contributed by atoms with van der Waals surface area (Å²) in [6.07, 6.45) is -3.33. The van der Waals surface area contributed by atoms with Crippen LogP contribution in [0.2, 0.25) is 0 Å². The van der Waals surface area contributed by atoms with Crippen LogP contribution < -0.4 is 5.73 Å². The molecule has 0 aliphatic rings. The normalized spacial score (nSPS) is 14.1. The van der Waals surface area contributed by atoms with E-state index in [4.69, 9.17) is 28.2 Å². The molecule has 0 amide bonds. The highest BCUT2D eigenvalue weighted by atomic mass is 32.1. The summed E-state index contributed by atoms with van der Waals surface area (Å²) in [7, 11) is 0. The molecule has 0 aliphatic carbocycles. The highest BCUT2D eigenvalue weighted by Gasteiger charge is 2.24. The first-order valence-electron chi connectivity index (χ1n) is 4.42. The summed E-state index contributed by atoms with van der Waals surface area (Å²) in [5.74, 6) is -1.48. The molecule has 0 aromatic heterocycles. The molecule has 0 radical (unpaired) electrons. The van der Waals surface area contributed by atoms with E-state index in [1.165, 1.54) is 12.1 Å². The van der Waals surface area contributed by atoms with Crippen molar-refractivity contribution in [2.45, 2.75) is 12.2 Å². The molecule has 0 saturated heterocycles. The zero-order chi connectivity index (χ0) is 12.3. The van der Waals surface area contributed by atoms with Crippen LogP contribution in [0.5, 0.6) is 0 Å². The second kappa shape index (κ2) is 5.02. The lowest BCUT2D eigenvalue weighted by Crippen LogP contribution is -2.27. The van der Waals surface area contributed by atoms with E-state index in [2.05, 4.69) is 0 Å². The number of aliphatic carboxylic acids is 1. The van der Waals surface area contributed by atoms with Gasteiger partial charge < -0.3 is 21.1 Å². The third-order valence-electron chi connectivity index (χ3n) is 2.09. The Morgan fingerprint density at radius 3 is 2.12 bits per heavy atom. The second-order valence-electron chi connectivity index (χ2n) is 3.21. The first kappa shape index (κ1) is 12.6. The molecule has 0 saturated carbocycles. The number of aliphatic hydroxyl groups excluding tert-OH is 2. The van der Waals surface area contributed by atoms with Crippen LogP contribution >= 0.6 is 12.2 Å². The predicted octanol–water partition coefficient (Wildman–Crippen LogP) is -0.200. The lowest BCUT2D eigenvalue weighted by molar-refractivity contribution is -0.153. The average molecular weight is 241 g/mol. The van der Waals surface area contributed by atoms with Crippen molar-refractivity contribution < 1.29 is 20.1 Å². The van der Waals surface area contributed by atoms with Crippen molar-refractivity contribution in [2.75, 3.05) is 0 Å². The molecule has 0 heterocycles. The van der Waals surface area contributed by atoms with E-state index in [9.17, 15) is 9.90 Å². The molecular weight excluding hydrogens is 230 g/mol. The van der Waals surface area contributed by atoms with Crippen molar-refractivity contribution in [2.24, 2.45) is 5.73 Å². The molecule has 5 N–H and O–H groups in total. The van der Waals surface area contributed by atoms with Gasteiger partial charge in [-0.05, 0) is 5.56 Å². The monoisotopic (exact) mass is 241 g/mol. The number of nitrogens with two attached hydrogens (primary N) is 1. The van der Waals surface area contributed by atoms with E-state index >= 15 is 0 Å². The van der Waals surface area contributed by atoms with Crippen LogP contribution in [0.1, 0.15) is 17.2 Å². The SMILES string of the molecule is NC(=S)c1ccc(C(O)C(O)C(=O)O)cc1. The van der Waals surface area contributed by atoms with Crippen molar-refractivity contribution in [3.05, 3.63) is 35.4 Å². The van der Waals surface area contributed by atoms with Crippen LogP contribution in [0.15, 0.2) is 24.3 Å². The molecule has 5 nitrogen and oxygen atoms in total. The van der Waals surface area contributed by atoms with Crippen LogP contribution in [-0.4, -0.2) is 32.4 Å². The van der Waals surface area contributed by atoms with Gasteiger partial charge in [-0.25, -0.2) is 4.79 Å². The molecule has 0 aliphatic heterocycles. The number of carbonyl (C=O) groups is 1. The zero-order valence-corrected chi connectivity index (χ0v) is 9.02. The van der Waals surface area contributed by atoms with Gasteiger partial charge in [0.15, 0.2) is 6.10 Å². The van der Waals surface area contributed by atoms with Gasteiger partial charge in [-0.2, -0.15) is 0 Å². The fourth-order valence-electron chi connectivity index (χ4n) is 1.16. The van der Waals surface area contributed by atoms with E-state index in [1.807, 2.05) is 0 Å². The number of aliphatic hydroxyl groups is 2. The summed E-state index contributed by atoms with van der Waals surface area (Å²) >= 11 is 4.74. The fraction of sp³-hybridized carbons (Fsp3) is 0.200. The Morgan fingerprint density at radius 1 is 1.25 bits per heavy atom. The lowest BCUT2D eigenvalue weighted by atomic mass is 10.0. The summed E-state index contributed by atoms with van der Waals surface area (Å²) < 4.78 is 0. The van der Waals surface area contributed by atoms with E-state index in [0.717, 1.165) is 0 Å². The third-order valence-corrected chi connectivity index (χ3v) is 2.32. The van der Waals surface area contributed by atoms with Gasteiger partial charge >= 0.3 is 5.97 Å². The Morgan fingerprint density at radius 2 is 1.75 bits per heavy atom. The Labute approximate surface area is 97.1 Å². The van der Waals surface area contributed by atoms with Gasteiger partial charge in [-0.1, -0.05) is 36.5 Å². The minimum Gasteiger partial charge on any atom is -0.479 e. The minimum atomic E-state index is -1.85. The van der Waals surface area contributed by atoms with E-state index in [-0.39, 0.29) is 10.6 Å². The molecular formula is C10H11NO4S. The number of carboxylic acids is 1. The predicted molar refractivity (Wildman–Crippen MR) is 60.9 cm³/mol. The number of hydrogen-bond donors (Lipinski definition) is 4. The van der Waals surface area contributed by atoms with Crippen LogP contribution in [0.25, 0.3) is 0 Å². The minimum absolute atomic E-state index is 0.208. The fourth-order valence-corrected chi connectivity index (χ4v) is 1.30. The molecule has 16 heavy (non-hydrogen) atoms. The van der Waals surface area contributed by atoms with Crippen LogP contribution in [0.4, 0.5) is 0 Å². The molecule has 0 bridgehead atoms. The van der Waals surface area contributed by atoms with Crippen LogP contribution in [0, 0.1) is 0 Å². The number of hydrogen-bond acceptors (Lipinski definition) is 4. The summed E-state index contributed by atoms with van der Waals surface area (Å²) in [4.78, 5) is 10.6. The maximum atomic E-state index is 10.4. The van der Waals surface area contributed by atoms with Gasteiger partial charge in [0.1, 0.15) is 11.1 Å². The quantitative estimate of drug-likeness (QED) is 0.544. The number of rotatable bonds is 4. The Bertz CT molecular complexity index is 404. The first-order chi connectivity index (χ1) is 7.43. The highest BCUT2D eigenvalue weighted by molar-refractivity contribution is 7.80. The molecule has 0 fully saturated rings. The van der Waals surface area contributed by atoms with Crippen molar-refractivity contribution >= 4 is 23.2 Å². The average Bonchev–Trinajstić information content (AvgIpc) is 2.27. The molecule has 6 heteroatoms. The summed E-state index contributed by atoms with van der Waals surface area (Å²) in [6.45, 7) is 0. The summed E-state index contributed by atoms with van der Waals surface area (Å²) in [5.41, 5.74) is 6.27. The largest absolute Gasteiger partial charge is 0.479 e. The van der Waals surface area contributed by atoms with Gasteiger partial charge in [0.05, 0.1) is 0 Å². The molecule has 2 atom stereocenters. The Hall–Kier alpha value is -1.50. The highest BCUT2D eigenvalue weighted by Crippen LogP contribution is 2.17. The zero-order valence-electron chi connectivity index (χ0n) is 8.20. The van der Waals surface area contributed by atoms with Crippen molar-refractivity contribution in [1.29, 1.82) is 0 Å². The molecule has 2 unspecified atom stereocenters. The van der Waals surface area contributed by atoms with Gasteiger partial charge in [0.2, 0.25) is 0 Å². The standard InChI is InChI=1S/C10H11NO4S/c11-9(16)6-3-1-5(2-4-6)7(12)8(13)10(14)15/h1-4,7-8,12-13H,(H2,11,16)(H,14,15). The Balaban J connectivity index is 2.89. The van der Waals surface area contributed by atoms with E-state index in [0.29, 0.717) is 5.56 Å². The van der Waals surface area contributed by atoms with E-state index < -0.39 is 18.2 Å². The van der Waals surface area contributed by atoms with Crippen molar-refractivity contribution in [3.63, 3.8) is 0 Å². The summed E-state index contributed by atoms with van der Waals surface area (Å²) in [5, 5.41) is 27.1. The molecule has 86 valence electrons. The third kappa shape index (κ3) is 2.75. The van der Waals surface area contributed by atoms with Gasteiger partial charge in [0, 0.05) is 5.56 Å². The summed E-state index contributed by atoms with van der Waals surface area (Å²) in [6, 6.07) is 6.03. The van der Waals surface area contributed by atoms with Crippen molar-refractivity contribution in [3.8, 4) is 0 Å². The van der Waals surface area contributed by atoms with Gasteiger partial charge in [-0.3, -0.25) is 0 Å². The van der Waals surface area contributed by atoms with Crippen molar-refractivity contribution in [1.82, 2.24) is 0 Å². The Kier molecular flexibility index (Phi) is 3.94. The number of thiocarbonyl (C=S) groups is 1. The maximum Gasteiger partial charge on any atom is 0.335 e.